The van der Waals surface area contributed by atoms with E-state index in [0.717, 1.165) is 11.8 Å². The first kappa shape index (κ1) is 19.2. The summed E-state index contributed by atoms with van der Waals surface area (Å²) in [7, 11) is 0. The van der Waals surface area contributed by atoms with Gasteiger partial charge in [0.25, 0.3) is 5.91 Å². The molecular formula is C19H13FN4O3S2. The Labute approximate surface area is 173 Å². The van der Waals surface area contributed by atoms with E-state index < -0.39 is 11.9 Å². The number of anilines is 1. The molecule has 1 aliphatic rings. The van der Waals surface area contributed by atoms with Crippen molar-refractivity contribution < 1.29 is 18.6 Å². The van der Waals surface area contributed by atoms with Crippen LogP contribution in [0.25, 0.3) is 17.1 Å². The molecule has 1 N–H and O–H groups in total. The summed E-state index contributed by atoms with van der Waals surface area (Å²) in [5.74, 6) is -1.18. The maximum Gasteiger partial charge on any atom is 0.266 e. The highest BCUT2D eigenvalue weighted by atomic mass is 32.2. The standard InChI is InChI=1S/C19H13FN4O3S2/c1-10(17(25)21-13-3-2-4-14-16(13)23-27-22-14)24-18(26)15(29-19(24)28)9-11-5-7-12(20)8-6-11/h2-10H,1H3,(H,21,25). The van der Waals surface area contributed by atoms with Crippen LogP contribution in [0.5, 0.6) is 0 Å². The molecule has 2 heterocycles. The molecule has 3 aromatic rings. The van der Waals surface area contributed by atoms with E-state index in [0.29, 0.717) is 27.2 Å². The first-order valence-electron chi connectivity index (χ1n) is 8.49. The first-order chi connectivity index (χ1) is 13.9. The number of amides is 2. The Morgan fingerprint density at radius 2 is 2.03 bits per heavy atom. The van der Waals surface area contributed by atoms with Gasteiger partial charge >= 0.3 is 0 Å². The number of aromatic nitrogens is 2. The van der Waals surface area contributed by atoms with E-state index in [1.807, 2.05) is 0 Å². The summed E-state index contributed by atoms with van der Waals surface area (Å²) in [4.78, 5) is 27.2. The molecule has 146 valence electrons. The molecule has 1 fully saturated rings. The van der Waals surface area contributed by atoms with Crippen LogP contribution in [0.2, 0.25) is 0 Å². The van der Waals surface area contributed by atoms with Crippen molar-refractivity contribution in [3.8, 4) is 0 Å². The van der Waals surface area contributed by atoms with Crippen molar-refractivity contribution in [3.63, 3.8) is 0 Å². The highest BCUT2D eigenvalue weighted by Crippen LogP contribution is 2.34. The summed E-state index contributed by atoms with van der Waals surface area (Å²) in [5.41, 5.74) is 2.00. The van der Waals surface area contributed by atoms with Crippen molar-refractivity contribution >= 4 is 62.9 Å². The van der Waals surface area contributed by atoms with Crippen molar-refractivity contribution in [1.29, 1.82) is 0 Å². The van der Waals surface area contributed by atoms with Crippen LogP contribution in [0.3, 0.4) is 0 Å². The Morgan fingerprint density at radius 3 is 2.79 bits per heavy atom. The second kappa shape index (κ2) is 7.72. The number of hydrogen-bond donors (Lipinski definition) is 1. The van der Waals surface area contributed by atoms with Gasteiger partial charge < -0.3 is 5.32 Å². The molecule has 1 aromatic heterocycles. The molecule has 2 aromatic carbocycles. The Hall–Kier alpha value is -3.11. The zero-order valence-electron chi connectivity index (χ0n) is 15.0. The van der Waals surface area contributed by atoms with Crippen LogP contribution < -0.4 is 5.32 Å². The number of benzene rings is 2. The van der Waals surface area contributed by atoms with E-state index in [1.54, 1.807) is 43.3 Å². The summed E-state index contributed by atoms with van der Waals surface area (Å²) in [6.45, 7) is 1.59. The molecule has 0 bridgehead atoms. The number of thioether (sulfide) groups is 1. The summed E-state index contributed by atoms with van der Waals surface area (Å²) in [6, 6.07) is 9.96. The van der Waals surface area contributed by atoms with Crippen molar-refractivity contribution in [2.24, 2.45) is 0 Å². The zero-order valence-corrected chi connectivity index (χ0v) is 16.6. The van der Waals surface area contributed by atoms with Gasteiger partial charge in [-0.1, -0.05) is 42.2 Å². The lowest BCUT2D eigenvalue weighted by Crippen LogP contribution is -2.44. The fourth-order valence-electron chi connectivity index (χ4n) is 2.79. The van der Waals surface area contributed by atoms with Crippen molar-refractivity contribution in [2.75, 3.05) is 5.32 Å². The van der Waals surface area contributed by atoms with E-state index >= 15 is 0 Å². The van der Waals surface area contributed by atoms with Gasteiger partial charge in [-0.05, 0) is 53.1 Å². The van der Waals surface area contributed by atoms with Gasteiger partial charge in [0.2, 0.25) is 5.91 Å². The van der Waals surface area contributed by atoms with Crippen molar-refractivity contribution in [3.05, 3.63) is 58.8 Å². The van der Waals surface area contributed by atoms with Gasteiger partial charge in [0.1, 0.15) is 21.7 Å². The molecular weight excluding hydrogens is 415 g/mol. The van der Waals surface area contributed by atoms with E-state index in [9.17, 15) is 14.0 Å². The number of halogens is 1. The summed E-state index contributed by atoms with van der Waals surface area (Å²) in [5, 5.41) is 10.2. The summed E-state index contributed by atoms with van der Waals surface area (Å²) >= 11 is 6.40. The summed E-state index contributed by atoms with van der Waals surface area (Å²) in [6.07, 6.45) is 1.62. The molecule has 10 heteroatoms. The quantitative estimate of drug-likeness (QED) is 0.502. The number of nitrogens with one attached hydrogen (secondary N) is 1. The lowest BCUT2D eigenvalue weighted by atomic mass is 10.2. The molecule has 29 heavy (non-hydrogen) atoms. The van der Waals surface area contributed by atoms with E-state index in [2.05, 4.69) is 20.3 Å². The Bertz CT molecular complexity index is 1160. The third-order valence-electron chi connectivity index (χ3n) is 4.30. The Morgan fingerprint density at radius 1 is 1.28 bits per heavy atom. The van der Waals surface area contributed by atoms with Crippen LogP contribution >= 0.6 is 24.0 Å². The molecule has 4 rings (SSSR count). The molecule has 0 radical (unpaired) electrons. The molecule has 1 atom stereocenters. The lowest BCUT2D eigenvalue weighted by Gasteiger charge is -2.22. The van der Waals surface area contributed by atoms with Gasteiger partial charge in [-0.15, -0.1) is 0 Å². The van der Waals surface area contributed by atoms with E-state index in [-0.39, 0.29) is 16.0 Å². The maximum absolute atomic E-state index is 13.1. The predicted octanol–water partition coefficient (Wildman–Crippen LogP) is 3.59. The van der Waals surface area contributed by atoms with Crippen LogP contribution in [0.4, 0.5) is 10.1 Å². The normalized spacial score (nSPS) is 16.6. The molecule has 0 spiro atoms. The molecule has 7 nitrogen and oxygen atoms in total. The first-order valence-corrected chi connectivity index (χ1v) is 9.71. The predicted molar refractivity (Wildman–Crippen MR) is 111 cm³/mol. The fourth-order valence-corrected chi connectivity index (χ4v) is 4.20. The van der Waals surface area contributed by atoms with Crippen LogP contribution in [0.15, 0.2) is 52.0 Å². The van der Waals surface area contributed by atoms with Crippen LogP contribution in [-0.2, 0) is 9.59 Å². The number of rotatable bonds is 4. The van der Waals surface area contributed by atoms with Crippen LogP contribution in [-0.4, -0.2) is 37.4 Å². The fraction of sp³-hybridized carbons (Fsp3) is 0.105. The SMILES string of the molecule is CC(C(=O)Nc1cccc2nonc12)N1C(=O)C(=Cc2ccc(F)cc2)SC1=S. The smallest absolute Gasteiger partial charge is 0.266 e. The van der Waals surface area contributed by atoms with Gasteiger partial charge in [-0.25, -0.2) is 9.02 Å². The highest BCUT2D eigenvalue weighted by molar-refractivity contribution is 8.26. The van der Waals surface area contributed by atoms with Gasteiger partial charge in [0.15, 0.2) is 5.52 Å². The average molecular weight is 428 g/mol. The van der Waals surface area contributed by atoms with E-state index in [1.165, 1.54) is 17.0 Å². The Balaban J connectivity index is 1.53. The van der Waals surface area contributed by atoms with Crippen LogP contribution in [0, 0.1) is 5.82 Å². The molecule has 1 aliphatic heterocycles. The van der Waals surface area contributed by atoms with Crippen molar-refractivity contribution in [2.45, 2.75) is 13.0 Å². The number of carbonyl (C=O) groups excluding carboxylic acids is 2. The molecule has 0 aliphatic carbocycles. The second-order valence-electron chi connectivity index (χ2n) is 6.21. The molecule has 1 unspecified atom stereocenters. The van der Waals surface area contributed by atoms with Gasteiger partial charge in [0, 0.05) is 0 Å². The van der Waals surface area contributed by atoms with Gasteiger partial charge in [-0.3, -0.25) is 14.5 Å². The molecule has 0 saturated carbocycles. The van der Waals surface area contributed by atoms with Crippen LogP contribution in [0.1, 0.15) is 12.5 Å². The Kier molecular flexibility index (Phi) is 5.12. The number of carbonyl (C=O) groups is 2. The third-order valence-corrected chi connectivity index (χ3v) is 5.63. The lowest BCUT2D eigenvalue weighted by molar-refractivity contribution is -0.129. The monoisotopic (exact) mass is 428 g/mol. The second-order valence-corrected chi connectivity index (χ2v) is 7.88. The van der Waals surface area contributed by atoms with Gasteiger partial charge in [0.05, 0.1) is 10.6 Å². The van der Waals surface area contributed by atoms with E-state index in [4.69, 9.17) is 12.2 Å². The summed E-state index contributed by atoms with van der Waals surface area (Å²) < 4.78 is 18.0. The number of thiocarbonyl (C=S) groups is 1. The minimum absolute atomic E-state index is 0.271. The highest BCUT2D eigenvalue weighted by Gasteiger charge is 2.38. The zero-order chi connectivity index (χ0) is 20.5. The molecule has 1 saturated heterocycles. The minimum Gasteiger partial charge on any atom is -0.322 e. The minimum atomic E-state index is -0.850. The molecule has 2 amide bonds. The number of nitrogens with zero attached hydrogens (tertiary/aromatic N) is 3. The van der Waals surface area contributed by atoms with Crippen molar-refractivity contribution in [1.82, 2.24) is 15.2 Å². The van der Waals surface area contributed by atoms with Gasteiger partial charge in [-0.2, -0.15) is 0 Å². The topological polar surface area (TPSA) is 88.3 Å². The number of fused-ring (bicyclic) bond motifs is 1. The third kappa shape index (κ3) is 3.76. The largest absolute Gasteiger partial charge is 0.322 e. The average Bonchev–Trinajstić information content (AvgIpc) is 3.28. The number of hydrogen-bond acceptors (Lipinski definition) is 7. The maximum atomic E-state index is 13.1.